The first-order valence-corrected chi connectivity index (χ1v) is 6.11. The van der Waals surface area contributed by atoms with E-state index in [9.17, 15) is 0 Å². The summed E-state index contributed by atoms with van der Waals surface area (Å²) in [5, 5.41) is 10.8. The zero-order chi connectivity index (χ0) is 12.4. The summed E-state index contributed by atoms with van der Waals surface area (Å²) in [7, 11) is 4.05. The molecule has 1 aliphatic heterocycles. The van der Waals surface area contributed by atoms with Crippen LogP contribution in [0.5, 0.6) is 0 Å². The second-order valence-corrected chi connectivity index (χ2v) is 5.19. The molecule has 1 aliphatic rings. The average molecular weight is 238 g/mol. The van der Waals surface area contributed by atoms with Gasteiger partial charge in [0.05, 0.1) is 6.54 Å². The van der Waals surface area contributed by atoms with E-state index in [1.54, 1.807) is 0 Å². The van der Waals surface area contributed by atoms with Crippen molar-refractivity contribution in [2.75, 3.05) is 32.1 Å². The van der Waals surface area contributed by atoms with E-state index in [1.807, 2.05) is 14.1 Å². The van der Waals surface area contributed by atoms with Crippen molar-refractivity contribution < 1.29 is 0 Å². The minimum atomic E-state index is 0.481. The van der Waals surface area contributed by atoms with Crippen LogP contribution in [-0.2, 0) is 6.54 Å². The summed E-state index contributed by atoms with van der Waals surface area (Å²) in [4.78, 5) is 8.85. The van der Waals surface area contributed by atoms with Crippen molar-refractivity contribution in [3.63, 3.8) is 0 Å². The number of nitrogens with zero attached hydrogens (tertiary/aromatic N) is 4. The zero-order valence-electron chi connectivity index (χ0n) is 11.1. The van der Waals surface area contributed by atoms with Gasteiger partial charge in [0.1, 0.15) is 5.82 Å². The number of aromatic amines is 1. The Morgan fingerprint density at radius 1 is 1.29 bits per heavy atom. The number of piperazine rings is 1. The highest BCUT2D eigenvalue weighted by molar-refractivity contribution is 5.30. The summed E-state index contributed by atoms with van der Waals surface area (Å²) in [6, 6.07) is 0.962. The minimum Gasteiger partial charge on any atom is -0.336 e. The number of H-pyrrole nitrogens is 1. The zero-order valence-corrected chi connectivity index (χ0v) is 11.1. The fourth-order valence-electron chi connectivity index (χ4n) is 2.29. The van der Waals surface area contributed by atoms with Crippen LogP contribution in [0.4, 0.5) is 5.95 Å². The predicted octanol–water partition coefficient (Wildman–Crippen LogP) is 0.0529. The maximum atomic E-state index is 4.53. The van der Waals surface area contributed by atoms with Crippen LogP contribution in [0.1, 0.15) is 19.7 Å². The Kier molecular flexibility index (Phi) is 3.63. The Balaban J connectivity index is 2.03. The molecule has 2 atom stereocenters. The monoisotopic (exact) mass is 238 g/mol. The number of anilines is 1. The summed E-state index contributed by atoms with van der Waals surface area (Å²) < 4.78 is 0. The predicted molar refractivity (Wildman–Crippen MR) is 68.0 cm³/mol. The van der Waals surface area contributed by atoms with Crippen LogP contribution in [0.15, 0.2) is 0 Å². The van der Waals surface area contributed by atoms with Crippen LogP contribution in [0.2, 0.25) is 0 Å². The molecule has 1 fully saturated rings. The molecule has 0 bridgehead atoms. The maximum absolute atomic E-state index is 4.53. The van der Waals surface area contributed by atoms with Gasteiger partial charge in [-0.25, -0.2) is 0 Å². The Bertz CT molecular complexity index is 351. The maximum Gasteiger partial charge on any atom is 0.244 e. The lowest BCUT2D eigenvalue weighted by Crippen LogP contribution is -2.54. The van der Waals surface area contributed by atoms with Gasteiger partial charge in [-0.1, -0.05) is 0 Å². The summed E-state index contributed by atoms with van der Waals surface area (Å²) in [6.07, 6.45) is 0. The highest BCUT2D eigenvalue weighted by Gasteiger charge is 2.23. The van der Waals surface area contributed by atoms with Crippen molar-refractivity contribution in [2.45, 2.75) is 32.5 Å². The van der Waals surface area contributed by atoms with Crippen LogP contribution in [0.3, 0.4) is 0 Å². The Hall–Kier alpha value is -1.14. The Labute approximate surface area is 102 Å². The van der Waals surface area contributed by atoms with E-state index in [1.165, 1.54) is 0 Å². The van der Waals surface area contributed by atoms with Gasteiger partial charge in [-0.2, -0.15) is 4.98 Å². The second-order valence-electron chi connectivity index (χ2n) is 5.19. The topological polar surface area (TPSA) is 60.1 Å². The molecule has 1 aromatic heterocycles. The fraction of sp³-hybridized carbons (Fsp3) is 0.818. The smallest absolute Gasteiger partial charge is 0.244 e. The SMILES string of the molecule is CC1CN(c2n[nH]c(CN(C)C)n2)CC(C)N1. The second kappa shape index (κ2) is 5.01. The summed E-state index contributed by atoms with van der Waals surface area (Å²) in [6.45, 7) is 7.10. The van der Waals surface area contributed by atoms with E-state index in [4.69, 9.17) is 0 Å². The molecule has 2 heterocycles. The van der Waals surface area contributed by atoms with Crippen LogP contribution in [0.25, 0.3) is 0 Å². The van der Waals surface area contributed by atoms with E-state index in [0.717, 1.165) is 31.4 Å². The van der Waals surface area contributed by atoms with Crippen molar-refractivity contribution in [3.05, 3.63) is 5.82 Å². The molecule has 2 rings (SSSR count). The normalized spacial score (nSPS) is 25.6. The van der Waals surface area contributed by atoms with Crippen LogP contribution in [-0.4, -0.2) is 59.3 Å². The molecule has 96 valence electrons. The molecule has 2 unspecified atom stereocenters. The highest BCUT2D eigenvalue weighted by atomic mass is 15.4. The molecule has 0 amide bonds. The lowest BCUT2D eigenvalue weighted by molar-refractivity contribution is 0.390. The molecular formula is C11H22N6. The number of hydrogen-bond acceptors (Lipinski definition) is 5. The number of aromatic nitrogens is 3. The van der Waals surface area contributed by atoms with Crippen LogP contribution >= 0.6 is 0 Å². The first kappa shape index (κ1) is 12.3. The molecule has 0 saturated carbocycles. The van der Waals surface area contributed by atoms with Gasteiger partial charge in [-0.15, -0.1) is 5.10 Å². The average Bonchev–Trinajstić information content (AvgIpc) is 2.63. The third-order valence-electron chi connectivity index (χ3n) is 2.83. The molecule has 1 saturated heterocycles. The van der Waals surface area contributed by atoms with Gasteiger partial charge in [0.25, 0.3) is 0 Å². The quantitative estimate of drug-likeness (QED) is 0.779. The first-order chi connectivity index (χ1) is 8.04. The largest absolute Gasteiger partial charge is 0.336 e. The van der Waals surface area contributed by atoms with Gasteiger partial charge in [0.2, 0.25) is 5.95 Å². The Morgan fingerprint density at radius 2 is 1.94 bits per heavy atom. The van der Waals surface area contributed by atoms with Crippen molar-refractivity contribution >= 4 is 5.95 Å². The van der Waals surface area contributed by atoms with Gasteiger partial charge < -0.3 is 15.1 Å². The van der Waals surface area contributed by atoms with Gasteiger partial charge in [0, 0.05) is 25.2 Å². The first-order valence-electron chi connectivity index (χ1n) is 6.11. The molecule has 1 aromatic rings. The van der Waals surface area contributed by atoms with E-state index in [0.29, 0.717) is 12.1 Å². The van der Waals surface area contributed by atoms with E-state index < -0.39 is 0 Å². The molecule has 6 nitrogen and oxygen atoms in total. The number of rotatable bonds is 3. The van der Waals surface area contributed by atoms with Crippen LogP contribution in [0, 0.1) is 0 Å². The molecule has 0 radical (unpaired) electrons. The van der Waals surface area contributed by atoms with E-state index in [2.05, 4.69) is 44.1 Å². The number of nitrogens with one attached hydrogen (secondary N) is 2. The fourth-order valence-corrected chi connectivity index (χ4v) is 2.29. The summed E-state index contributed by atoms with van der Waals surface area (Å²) >= 11 is 0. The van der Waals surface area contributed by atoms with Crippen LogP contribution < -0.4 is 10.2 Å². The number of hydrogen-bond donors (Lipinski definition) is 2. The molecule has 0 aromatic carbocycles. The van der Waals surface area contributed by atoms with Crippen molar-refractivity contribution in [1.82, 2.24) is 25.4 Å². The molecule has 2 N–H and O–H groups in total. The standard InChI is InChI=1S/C11H22N6/c1-8-5-17(6-9(2)12-8)11-13-10(14-15-11)7-16(3)4/h8-9,12H,5-7H2,1-4H3,(H,13,14,15). The van der Waals surface area contributed by atoms with Gasteiger partial charge in [-0.3, -0.25) is 5.10 Å². The molecule has 0 spiro atoms. The van der Waals surface area contributed by atoms with Gasteiger partial charge >= 0.3 is 0 Å². The van der Waals surface area contributed by atoms with Gasteiger partial charge in [-0.05, 0) is 27.9 Å². The Morgan fingerprint density at radius 3 is 2.53 bits per heavy atom. The molecular weight excluding hydrogens is 216 g/mol. The van der Waals surface area contributed by atoms with E-state index >= 15 is 0 Å². The summed E-state index contributed by atoms with van der Waals surface area (Å²) in [5.74, 6) is 1.74. The highest BCUT2D eigenvalue weighted by Crippen LogP contribution is 2.12. The third kappa shape index (κ3) is 3.17. The van der Waals surface area contributed by atoms with E-state index in [-0.39, 0.29) is 0 Å². The lowest BCUT2D eigenvalue weighted by atomic mass is 10.1. The lowest BCUT2D eigenvalue weighted by Gasteiger charge is -2.35. The van der Waals surface area contributed by atoms with Gasteiger partial charge in [0.15, 0.2) is 0 Å². The minimum absolute atomic E-state index is 0.481. The molecule has 0 aliphatic carbocycles. The molecule has 17 heavy (non-hydrogen) atoms. The van der Waals surface area contributed by atoms with Crippen molar-refractivity contribution in [2.24, 2.45) is 0 Å². The van der Waals surface area contributed by atoms with Crippen molar-refractivity contribution in [3.8, 4) is 0 Å². The summed E-state index contributed by atoms with van der Waals surface area (Å²) in [5.41, 5.74) is 0. The van der Waals surface area contributed by atoms with Crippen molar-refractivity contribution in [1.29, 1.82) is 0 Å². The molecule has 6 heteroatoms. The third-order valence-corrected chi connectivity index (χ3v) is 2.83.